The van der Waals surface area contributed by atoms with Crippen LogP contribution in [0.25, 0.3) is 6.08 Å². The molecule has 0 bridgehead atoms. The maximum atomic E-state index is 12.6. The molecule has 1 heterocycles. The number of halogens is 4. The molecule has 1 aliphatic rings. The summed E-state index contributed by atoms with van der Waals surface area (Å²) in [6, 6.07) is 3.54. The average molecular weight is 321 g/mol. The molecule has 1 aromatic carbocycles. The Morgan fingerprint density at radius 3 is 2.50 bits per heavy atom. The molecule has 0 saturated heterocycles. The predicted octanol–water partition coefficient (Wildman–Crippen LogP) is 4.65. The number of rotatable bonds is 1. The van der Waals surface area contributed by atoms with E-state index in [2.05, 4.69) is 15.9 Å². The van der Waals surface area contributed by atoms with Gasteiger partial charge in [0.1, 0.15) is 11.4 Å². The van der Waals surface area contributed by atoms with Gasteiger partial charge in [0.15, 0.2) is 0 Å². The molecule has 0 N–H and O–H groups in total. The van der Waals surface area contributed by atoms with Gasteiger partial charge < -0.3 is 4.74 Å². The molecule has 1 aliphatic heterocycles. The van der Waals surface area contributed by atoms with Crippen LogP contribution in [0.5, 0.6) is 5.75 Å². The summed E-state index contributed by atoms with van der Waals surface area (Å²) in [5, 5.41) is 0.565. The average Bonchev–Trinajstić information content (AvgIpc) is 2.25. The minimum Gasteiger partial charge on any atom is -0.483 e. The van der Waals surface area contributed by atoms with Crippen molar-refractivity contribution < 1.29 is 17.9 Å². The minimum absolute atomic E-state index is 0.471. The van der Waals surface area contributed by atoms with Crippen molar-refractivity contribution in [3.05, 3.63) is 34.9 Å². The molecule has 0 amide bonds. The van der Waals surface area contributed by atoms with Crippen molar-refractivity contribution in [2.24, 2.45) is 0 Å². The summed E-state index contributed by atoms with van der Waals surface area (Å²) in [7, 11) is 0. The van der Waals surface area contributed by atoms with E-state index in [-0.39, 0.29) is 0 Å². The Morgan fingerprint density at radius 1 is 1.28 bits per heavy atom. The number of hydrogen-bond donors (Lipinski definition) is 0. The largest absolute Gasteiger partial charge is 0.483 e. The van der Waals surface area contributed by atoms with Gasteiger partial charge in [-0.25, -0.2) is 0 Å². The minimum atomic E-state index is -4.33. The highest BCUT2D eigenvalue weighted by molar-refractivity contribution is 9.09. The number of alkyl halides is 4. The molecule has 0 aromatic heterocycles. The molecule has 0 radical (unpaired) electrons. The van der Waals surface area contributed by atoms with Gasteiger partial charge in [-0.1, -0.05) is 15.9 Å². The molecule has 0 unspecified atom stereocenters. The third-order valence-electron chi connectivity index (χ3n) is 2.95. The zero-order valence-corrected chi connectivity index (χ0v) is 11.5. The Kier molecular flexibility index (Phi) is 3.21. The van der Waals surface area contributed by atoms with Crippen LogP contribution < -0.4 is 4.74 Å². The molecule has 1 nitrogen and oxygen atoms in total. The van der Waals surface area contributed by atoms with Gasteiger partial charge in [-0.2, -0.15) is 13.2 Å². The van der Waals surface area contributed by atoms with Crippen molar-refractivity contribution in [3.63, 3.8) is 0 Å². The first-order valence-electron chi connectivity index (χ1n) is 5.41. The van der Waals surface area contributed by atoms with E-state index < -0.39 is 17.3 Å². The highest BCUT2D eigenvalue weighted by Crippen LogP contribution is 2.39. The first-order chi connectivity index (χ1) is 8.24. The summed E-state index contributed by atoms with van der Waals surface area (Å²) in [5.74, 6) is 0.484. The maximum absolute atomic E-state index is 12.6. The molecule has 0 aliphatic carbocycles. The van der Waals surface area contributed by atoms with E-state index in [9.17, 15) is 13.2 Å². The second-order valence-electron chi connectivity index (χ2n) is 4.67. The van der Waals surface area contributed by atoms with E-state index >= 15 is 0 Å². The molecule has 5 heteroatoms. The van der Waals surface area contributed by atoms with Crippen LogP contribution in [-0.4, -0.2) is 10.9 Å². The highest BCUT2D eigenvalue weighted by Gasteiger charge is 2.34. The van der Waals surface area contributed by atoms with Gasteiger partial charge in [-0.3, -0.25) is 0 Å². The molecule has 98 valence electrons. The number of fused-ring (bicyclic) bond motifs is 1. The van der Waals surface area contributed by atoms with Crippen LogP contribution >= 0.6 is 15.9 Å². The lowest BCUT2D eigenvalue weighted by Gasteiger charge is -2.33. The molecule has 0 fully saturated rings. The van der Waals surface area contributed by atoms with Gasteiger partial charge in [-0.15, -0.1) is 0 Å². The van der Waals surface area contributed by atoms with Gasteiger partial charge >= 0.3 is 6.18 Å². The zero-order chi connectivity index (χ0) is 13.6. The van der Waals surface area contributed by atoms with Gasteiger partial charge in [0, 0.05) is 10.9 Å². The van der Waals surface area contributed by atoms with Crippen LogP contribution in [0.4, 0.5) is 13.2 Å². The second kappa shape index (κ2) is 4.30. The normalized spacial score (nSPS) is 17.8. The van der Waals surface area contributed by atoms with E-state index in [1.54, 1.807) is 6.08 Å². The standard InChI is InChI=1S/C13H12BrF3O/c1-12(2)10(7-14)6-8-5-9(13(15,16)17)3-4-11(8)18-12/h3-6H,7H2,1-2H3. The van der Waals surface area contributed by atoms with Crippen LogP contribution in [0.1, 0.15) is 25.0 Å². The highest BCUT2D eigenvalue weighted by atomic mass is 79.9. The van der Waals surface area contributed by atoms with Gasteiger partial charge in [-0.05, 0) is 43.7 Å². The van der Waals surface area contributed by atoms with Crippen molar-refractivity contribution >= 4 is 22.0 Å². The molecule has 0 saturated carbocycles. The first kappa shape index (κ1) is 13.5. The molecule has 1 aromatic rings. The zero-order valence-electron chi connectivity index (χ0n) is 9.94. The van der Waals surface area contributed by atoms with Crippen LogP contribution in [0.15, 0.2) is 23.8 Å². The van der Waals surface area contributed by atoms with Crippen molar-refractivity contribution in [1.82, 2.24) is 0 Å². The fraction of sp³-hybridized carbons (Fsp3) is 0.385. The Labute approximate surface area is 112 Å². The lowest BCUT2D eigenvalue weighted by Crippen LogP contribution is -2.34. The molecule has 18 heavy (non-hydrogen) atoms. The van der Waals surface area contributed by atoms with E-state index in [0.29, 0.717) is 16.6 Å². The lowest BCUT2D eigenvalue weighted by molar-refractivity contribution is -0.137. The van der Waals surface area contributed by atoms with E-state index in [4.69, 9.17) is 4.74 Å². The smallest absolute Gasteiger partial charge is 0.416 e. The summed E-state index contributed by atoms with van der Waals surface area (Å²) in [6.45, 7) is 3.78. The third kappa shape index (κ3) is 2.41. The molecule has 0 atom stereocenters. The fourth-order valence-corrected chi connectivity index (χ4v) is 2.67. The molecule has 2 rings (SSSR count). The third-order valence-corrected chi connectivity index (χ3v) is 3.55. The second-order valence-corrected chi connectivity index (χ2v) is 5.23. The summed E-state index contributed by atoms with van der Waals surface area (Å²) >= 11 is 3.33. The van der Waals surface area contributed by atoms with Crippen molar-refractivity contribution in [1.29, 1.82) is 0 Å². The maximum Gasteiger partial charge on any atom is 0.416 e. The van der Waals surface area contributed by atoms with Gasteiger partial charge in [0.05, 0.1) is 5.56 Å². The Balaban J connectivity index is 2.50. The Morgan fingerprint density at radius 2 is 1.94 bits per heavy atom. The van der Waals surface area contributed by atoms with Crippen molar-refractivity contribution in [2.75, 3.05) is 5.33 Å². The quantitative estimate of drug-likeness (QED) is 0.684. The van der Waals surface area contributed by atoms with Crippen molar-refractivity contribution in [3.8, 4) is 5.75 Å². The molecular weight excluding hydrogens is 309 g/mol. The predicted molar refractivity (Wildman–Crippen MR) is 67.9 cm³/mol. The number of hydrogen-bond acceptors (Lipinski definition) is 1. The van der Waals surface area contributed by atoms with Crippen LogP contribution in [0.3, 0.4) is 0 Å². The summed E-state index contributed by atoms with van der Waals surface area (Å²) < 4.78 is 43.6. The fourth-order valence-electron chi connectivity index (χ4n) is 1.83. The SMILES string of the molecule is CC1(C)Oc2ccc(C(F)(F)F)cc2C=C1CBr. The van der Waals surface area contributed by atoms with Crippen LogP contribution in [0.2, 0.25) is 0 Å². The summed E-state index contributed by atoms with van der Waals surface area (Å²) in [5.41, 5.74) is 0.221. The van der Waals surface area contributed by atoms with Crippen molar-refractivity contribution in [2.45, 2.75) is 25.6 Å². The summed E-state index contributed by atoms with van der Waals surface area (Å²) in [6.07, 6.45) is -2.58. The monoisotopic (exact) mass is 320 g/mol. The number of ether oxygens (including phenoxy) is 1. The van der Waals surface area contributed by atoms with E-state index in [1.807, 2.05) is 13.8 Å². The molecule has 0 spiro atoms. The number of benzene rings is 1. The lowest BCUT2D eigenvalue weighted by atomic mass is 9.93. The van der Waals surface area contributed by atoms with E-state index in [1.165, 1.54) is 6.07 Å². The Hall–Kier alpha value is -0.970. The Bertz CT molecular complexity index is 503. The van der Waals surface area contributed by atoms with Crippen LogP contribution in [-0.2, 0) is 6.18 Å². The topological polar surface area (TPSA) is 9.23 Å². The first-order valence-corrected chi connectivity index (χ1v) is 6.53. The van der Waals surface area contributed by atoms with Crippen LogP contribution in [0, 0.1) is 0 Å². The molecular formula is C13H12BrF3O. The van der Waals surface area contributed by atoms with E-state index in [0.717, 1.165) is 17.7 Å². The summed E-state index contributed by atoms with van der Waals surface area (Å²) in [4.78, 5) is 0. The van der Waals surface area contributed by atoms with Gasteiger partial charge in [0.25, 0.3) is 0 Å². The van der Waals surface area contributed by atoms with Gasteiger partial charge in [0.2, 0.25) is 0 Å².